The van der Waals surface area contributed by atoms with Gasteiger partial charge in [-0.1, -0.05) is 12.1 Å². The van der Waals surface area contributed by atoms with Crippen molar-refractivity contribution in [1.29, 1.82) is 0 Å². The van der Waals surface area contributed by atoms with Crippen LogP contribution in [0.5, 0.6) is 0 Å². The minimum atomic E-state index is 0.00444. The minimum Gasteiger partial charge on any atom is -0.383 e. The van der Waals surface area contributed by atoms with Gasteiger partial charge in [0.05, 0.1) is 10.2 Å². The van der Waals surface area contributed by atoms with E-state index in [1.807, 2.05) is 23.6 Å². The van der Waals surface area contributed by atoms with E-state index in [0.29, 0.717) is 21.4 Å². The van der Waals surface area contributed by atoms with Gasteiger partial charge >= 0.3 is 0 Å². The van der Waals surface area contributed by atoms with Gasteiger partial charge < -0.3 is 5.73 Å². The highest BCUT2D eigenvalue weighted by Crippen LogP contribution is 2.22. The van der Waals surface area contributed by atoms with Crippen LogP contribution in [0.15, 0.2) is 40.5 Å². The lowest BCUT2D eigenvalue weighted by molar-refractivity contribution is 1.46. The number of aromatic nitrogens is 1. The smallest absolute Gasteiger partial charge is 0.205 e. The summed E-state index contributed by atoms with van der Waals surface area (Å²) < 4.78 is 0.672. The molecular weight excluding hydrogens is 220 g/mol. The molecule has 0 aliphatic rings. The molecule has 1 aromatic carbocycles. The van der Waals surface area contributed by atoms with Gasteiger partial charge in [0.1, 0.15) is 5.82 Å². The second-order valence-electron chi connectivity index (χ2n) is 3.51. The van der Waals surface area contributed by atoms with Gasteiger partial charge in [0, 0.05) is 10.8 Å². The van der Waals surface area contributed by atoms with Crippen molar-refractivity contribution >= 4 is 38.1 Å². The Kier molecular flexibility index (Phi) is 1.91. The summed E-state index contributed by atoms with van der Waals surface area (Å²) in [4.78, 5) is 16.5. The van der Waals surface area contributed by atoms with E-state index in [0.717, 1.165) is 5.39 Å². The molecule has 0 unspecified atom stereocenters. The van der Waals surface area contributed by atoms with E-state index in [1.165, 1.54) is 11.3 Å². The third-order valence-electron chi connectivity index (χ3n) is 2.54. The van der Waals surface area contributed by atoms with E-state index in [4.69, 9.17) is 5.73 Å². The van der Waals surface area contributed by atoms with Crippen LogP contribution < -0.4 is 11.2 Å². The van der Waals surface area contributed by atoms with Gasteiger partial charge in [0.2, 0.25) is 5.43 Å². The van der Waals surface area contributed by atoms with E-state index in [-0.39, 0.29) is 5.43 Å². The Hall–Kier alpha value is -1.94. The zero-order valence-electron chi connectivity index (χ0n) is 8.31. The molecule has 0 fully saturated rings. The molecule has 0 aliphatic carbocycles. The van der Waals surface area contributed by atoms with Crippen LogP contribution in [0.4, 0.5) is 5.82 Å². The van der Waals surface area contributed by atoms with Crippen LogP contribution in [0.25, 0.3) is 21.0 Å². The highest BCUT2D eigenvalue weighted by atomic mass is 32.1. The summed E-state index contributed by atoms with van der Waals surface area (Å²) in [5, 5.41) is 3.22. The average Bonchev–Trinajstić information content (AvgIpc) is 2.74. The minimum absolute atomic E-state index is 0.00444. The van der Waals surface area contributed by atoms with Crippen LogP contribution in [0.1, 0.15) is 0 Å². The Morgan fingerprint density at radius 2 is 1.94 bits per heavy atom. The molecule has 2 aromatic heterocycles. The summed E-state index contributed by atoms with van der Waals surface area (Å²) in [6.45, 7) is 0. The summed E-state index contributed by atoms with van der Waals surface area (Å²) >= 11 is 1.40. The zero-order valence-corrected chi connectivity index (χ0v) is 9.12. The number of para-hydroxylation sites is 1. The van der Waals surface area contributed by atoms with Gasteiger partial charge in [-0.05, 0) is 23.6 Å². The molecule has 3 rings (SSSR count). The maximum atomic E-state index is 12.2. The molecule has 4 heteroatoms. The standard InChI is InChI=1S/C12H8N2OS/c13-12-8-5-6-16-11(8)10(15)7-3-1-2-4-9(7)14-12/h1-6H,(H2,13,14). The molecule has 0 saturated heterocycles. The molecule has 2 N–H and O–H groups in total. The van der Waals surface area contributed by atoms with Gasteiger partial charge in [0.15, 0.2) is 0 Å². The largest absolute Gasteiger partial charge is 0.383 e. The molecule has 0 spiro atoms. The van der Waals surface area contributed by atoms with Crippen molar-refractivity contribution < 1.29 is 0 Å². The van der Waals surface area contributed by atoms with Crippen LogP contribution in [-0.2, 0) is 0 Å². The molecule has 0 atom stereocenters. The van der Waals surface area contributed by atoms with E-state index >= 15 is 0 Å². The predicted octanol–water partition coefficient (Wildman–Crippen LogP) is 2.39. The third kappa shape index (κ3) is 1.20. The number of thiophene rings is 1. The second kappa shape index (κ2) is 3.28. The highest BCUT2D eigenvalue weighted by molar-refractivity contribution is 7.17. The predicted molar refractivity (Wildman–Crippen MR) is 67.8 cm³/mol. The number of nitrogens with two attached hydrogens (primary N) is 1. The van der Waals surface area contributed by atoms with Crippen molar-refractivity contribution in [3.05, 3.63) is 45.9 Å². The van der Waals surface area contributed by atoms with E-state index in [1.54, 1.807) is 12.1 Å². The summed E-state index contributed by atoms with van der Waals surface area (Å²) in [6, 6.07) is 9.10. The number of rotatable bonds is 0. The van der Waals surface area contributed by atoms with Crippen molar-refractivity contribution in [2.45, 2.75) is 0 Å². The van der Waals surface area contributed by atoms with E-state index in [9.17, 15) is 4.79 Å². The maximum absolute atomic E-state index is 12.2. The van der Waals surface area contributed by atoms with Crippen LogP contribution in [0.2, 0.25) is 0 Å². The molecule has 3 nitrogen and oxygen atoms in total. The van der Waals surface area contributed by atoms with Crippen molar-refractivity contribution in [3.63, 3.8) is 0 Å². The fourth-order valence-corrected chi connectivity index (χ4v) is 2.62. The first kappa shape index (κ1) is 9.30. The average molecular weight is 228 g/mol. The van der Waals surface area contributed by atoms with Crippen LogP contribution >= 0.6 is 11.3 Å². The Morgan fingerprint density at radius 3 is 2.81 bits per heavy atom. The molecular formula is C12H8N2OS. The number of anilines is 1. The molecule has 0 amide bonds. The van der Waals surface area contributed by atoms with Gasteiger partial charge in [-0.2, -0.15) is 0 Å². The molecule has 0 saturated carbocycles. The van der Waals surface area contributed by atoms with Crippen LogP contribution in [0.3, 0.4) is 0 Å². The van der Waals surface area contributed by atoms with Gasteiger partial charge in [0.25, 0.3) is 0 Å². The highest BCUT2D eigenvalue weighted by Gasteiger charge is 2.06. The summed E-state index contributed by atoms with van der Waals surface area (Å²) in [5.74, 6) is 0.412. The van der Waals surface area contributed by atoms with Gasteiger partial charge in [-0.25, -0.2) is 4.98 Å². The van der Waals surface area contributed by atoms with Gasteiger partial charge in [-0.15, -0.1) is 11.3 Å². The molecule has 0 aliphatic heterocycles. The number of hydrogen-bond donors (Lipinski definition) is 1. The Bertz CT molecular complexity index is 749. The zero-order chi connectivity index (χ0) is 11.1. The first-order chi connectivity index (χ1) is 7.77. The molecule has 0 bridgehead atoms. The fraction of sp³-hybridized carbons (Fsp3) is 0. The lowest BCUT2D eigenvalue weighted by Gasteiger charge is -1.88. The third-order valence-corrected chi connectivity index (χ3v) is 3.45. The summed E-state index contributed by atoms with van der Waals surface area (Å²) in [5.41, 5.74) is 6.52. The Labute approximate surface area is 95.2 Å². The van der Waals surface area contributed by atoms with Crippen molar-refractivity contribution in [2.24, 2.45) is 0 Å². The number of benzene rings is 1. The fourth-order valence-electron chi connectivity index (χ4n) is 1.76. The summed E-state index contributed by atoms with van der Waals surface area (Å²) in [7, 11) is 0. The molecule has 2 heterocycles. The Morgan fingerprint density at radius 1 is 1.12 bits per heavy atom. The second-order valence-corrected chi connectivity index (χ2v) is 4.42. The van der Waals surface area contributed by atoms with E-state index in [2.05, 4.69) is 4.98 Å². The van der Waals surface area contributed by atoms with Crippen molar-refractivity contribution in [2.75, 3.05) is 5.73 Å². The SMILES string of the molecule is Nc1nc2ccccc2c(=O)c2sccc12. The first-order valence-corrected chi connectivity index (χ1v) is 5.71. The number of hydrogen-bond acceptors (Lipinski definition) is 4. The molecule has 16 heavy (non-hydrogen) atoms. The van der Waals surface area contributed by atoms with Crippen molar-refractivity contribution in [3.8, 4) is 0 Å². The van der Waals surface area contributed by atoms with Crippen LogP contribution in [-0.4, -0.2) is 4.98 Å². The molecule has 0 radical (unpaired) electrons. The first-order valence-electron chi connectivity index (χ1n) is 4.83. The van der Waals surface area contributed by atoms with E-state index < -0.39 is 0 Å². The topological polar surface area (TPSA) is 56.0 Å². The lowest BCUT2D eigenvalue weighted by Crippen LogP contribution is -1.95. The van der Waals surface area contributed by atoms with Gasteiger partial charge in [-0.3, -0.25) is 4.79 Å². The number of nitrogen functional groups attached to an aromatic ring is 1. The maximum Gasteiger partial charge on any atom is 0.205 e. The van der Waals surface area contributed by atoms with Crippen LogP contribution in [0, 0.1) is 0 Å². The Balaban J connectivity index is 2.74. The quantitative estimate of drug-likeness (QED) is 0.642. The number of nitrogens with zero attached hydrogens (tertiary/aromatic N) is 1. The molecule has 3 aromatic rings. The number of fused-ring (bicyclic) bond motifs is 2. The lowest BCUT2D eigenvalue weighted by atomic mass is 10.2. The summed E-state index contributed by atoms with van der Waals surface area (Å²) in [6.07, 6.45) is 0. The van der Waals surface area contributed by atoms with Crippen molar-refractivity contribution in [1.82, 2.24) is 4.98 Å². The molecule has 78 valence electrons. The monoisotopic (exact) mass is 228 g/mol. The normalized spacial score (nSPS) is 11.0.